The van der Waals surface area contributed by atoms with Gasteiger partial charge in [-0.15, -0.1) is 0 Å². The zero-order valence-electron chi connectivity index (χ0n) is 18.7. The van der Waals surface area contributed by atoms with Crippen molar-refractivity contribution in [1.29, 1.82) is 0 Å². The lowest BCUT2D eigenvalue weighted by molar-refractivity contribution is -0.136. The van der Waals surface area contributed by atoms with Gasteiger partial charge < -0.3 is 14.4 Å². The van der Waals surface area contributed by atoms with Crippen molar-refractivity contribution in [2.45, 2.75) is 58.5 Å². The number of Topliss-reactive ketones (excluding diaryl/α,β-unsaturated/α-hetero) is 1. The molecule has 0 unspecified atom stereocenters. The largest absolute Gasteiger partial charge is 0.486 e. The molecular formula is C26H31NO4. The number of carbonyl (C=O) groups excluding carboxylic acids is 2. The summed E-state index contributed by atoms with van der Waals surface area (Å²) in [6.45, 7) is 7.31. The Labute approximate surface area is 184 Å². The van der Waals surface area contributed by atoms with Crippen LogP contribution in [0.15, 0.2) is 36.4 Å². The molecule has 0 aromatic heterocycles. The number of rotatable bonds is 5. The molecule has 0 N–H and O–H groups in total. The monoisotopic (exact) mass is 421 g/mol. The fourth-order valence-corrected chi connectivity index (χ4v) is 4.74. The van der Waals surface area contributed by atoms with E-state index in [0.717, 1.165) is 24.0 Å². The van der Waals surface area contributed by atoms with Crippen molar-refractivity contribution in [2.24, 2.45) is 0 Å². The number of piperidine rings is 1. The second-order valence-electron chi connectivity index (χ2n) is 8.90. The van der Waals surface area contributed by atoms with Crippen molar-refractivity contribution in [3.8, 4) is 11.5 Å². The number of ether oxygens (including phenoxy) is 2. The number of ketones is 1. The van der Waals surface area contributed by atoms with E-state index in [-0.39, 0.29) is 18.3 Å². The predicted octanol–water partition coefficient (Wildman–Crippen LogP) is 4.66. The van der Waals surface area contributed by atoms with Crippen LogP contribution in [0.5, 0.6) is 11.5 Å². The van der Waals surface area contributed by atoms with Gasteiger partial charge in [0.25, 0.3) is 5.91 Å². The van der Waals surface area contributed by atoms with Crippen LogP contribution in [0.1, 0.15) is 59.7 Å². The number of hydrogen-bond acceptors (Lipinski definition) is 4. The average Bonchev–Trinajstić information content (AvgIpc) is 2.73. The molecule has 2 aromatic rings. The lowest BCUT2D eigenvalue weighted by atomic mass is 9.81. The number of fused-ring (bicyclic) bond motifs is 1. The van der Waals surface area contributed by atoms with E-state index in [1.54, 1.807) is 0 Å². The second kappa shape index (κ2) is 8.74. The van der Waals surface area contributed by atoms with Crippen molar-refractivity contribution in [3.63, 3.8) is 0 Å². The third-order valence-corrected chi connectivity index (χ3v) is 6.38. The van der Waals surface area contributed by atoms with E-state index in [9.17, 15) is 9.59 Å². The molecule has 0 atom stereocenters. The van der Waals surface area contributed by atoms with E-state index >= 15 is 0 Å². The molecule has 31 heavy (non-hydrogen) atoms. The normalized spacial score (nSPS) is 17.3. The maximum Gasteiger partial charge on any atom is 0.260 e. The van der Waals surface area contributed by atoms with Crippen LogP contribution in [0.25, 0.3) is 0 Å². The Morgan fingerprint density at radius 3 is 2.52 bits per heavy atom. The van der Waals surface area contributed by atoms with Crippen molar-refractivity contribution < 1.29 is 19.1 Å². The van der Waals surface area contributed by atoms with Gasteiger partial charge in [0.1, 0.15) is 17.1 Å². The first-order valence-corrected chi connectivity index (χ1v) is 11.2. The van der Waals surface area contributed by atoms with Crippen LogP contribution < -0.4 is 9.47 Å². The van der Waals surface area contributed by atoms with Gasteiger partial charge in [0.05, 0.1) is 12.0 Å². The van der Waals surface area contributed by atoms with Crippen molar-refractivity contribution in [3.05, 3.63) is 58.7 Å². The van der Waals surface area contributed by atoms with Gasteiger partial charge in [-0.1, -0.05) is 31.5 Å². The molecular weight excluding hydrogens is 390 g/mol. The van der Waals surface area contributed by atoms with Gasteiger partial charge in [-0.3, -0.25) is 9.59 Å². The van der Waals surface area contributed by atoms with E-state index in [1.807, 2.05) is 55.1 Å². The fraction of sp³-hybridized carbons (Fsp3) is 0.462. The van der Waals surface area contributed by atoms with Gasteiger partial charge >= 0.3 is 0 Å². The molecule has 5 nitrogen and oxygen atoms in total. The van der Waals surface area contributed by atoms with Crippen LogP contribution >= 0.6 is 0 Å². The first kappa shape index (κ1) is 21.4. The zero-order valence-corrected chi connectivity index (χ0v) is 18.7. The minimum atomic E-state index is -0.503. The van der Waals surface area contributed by atoms with Gasteiger partial charge in [0.15, 0.2) is 12.4 Å². The summed E-state index contributed by atoms with van der Waals surface area (Å²) in [7, 11) is 0. The van der Waals surface area contributed by atoms with Gasteiger partial charge in [0.2, 0.25) is 0 Å². The van der Waals surface area contributed by atoms with E-state index in [1.165, 1.54) is 5.56 Å². The van der Waals surface area contributed by atoms with Gasteiger partial charge in [-0.05, 0) is 55.2 Å². The number of carbonyl (C=O) groups is 2. The van der Waals surface area contributed by atoms with Crippen LogP contribution in [0.2, 0.25) is 0 Å². The molecule has 2 aromatic carbocycles. The van der Waals surface area contributed by atoms with Crippen molar-refractivity contribution >= 4 is 11.7 Å². The first-order chi connectivity index (χ1) is 14.9. The molecule has 164 valence electrons. The smallest absolute Gasteiger partial charge is 0.260 e. The topological polar surface area (TPSA) is 55.8 Å². The molecule has 2 aliphatic heterocycles. The maximum atomic E-state index is 12.9. The first-order valence-electron chi connectivity index (χ1n) is 11.2. The summed E-state index contributed by atoms with van der Waals surface area (Å²) in [4.78, 5) is 27.3. The highest BCUT2D eigenvalue weighted by Crippen LogP contribution is 2.41. The highest BCUT2D eigenvalue weighted by atomic mass is 16.5. The Morgan fingerprint density at radius 2 is 1.84 bits per heavy atom. The number of aryl methyl sites for hydroxylation is 3. The molecule has 1 amide bonds. The second-order valence-corrected chi connectivity index (χ2v) is 8.90. The highest BCUT2D eigenvalue weighted by Gasteiger charge is 2.44. The molecule has 2 aliphatic rings. The molecule has 1 saturated heterocycles. The van der Waals surface area contributed by atoms with Gasteiger partial charge in [0, 0.05) is 25.9 Å². The number of nitrogens with zero attached hydrogens (tertiary/aromatic N) is 1. The molecule has 1 spiro atoms. The minimum absolute atomic E-state index is 0.0262. The Kier molecular flexibility index (Phi) is 6.03. The van der Waals surface area contributed by atoms with Crippen LogP contribution in [0.3, 0.4) is 0 Å². The van der Waals surface area contributed by atoms with Gasteiger partial charge in [-0.2, -0.15) is 0 Å². The summed E-state index contributed by atoms with van der Waals surface area (Å²) in [6.07, 6.45) is 3.84. The molecule has 0 aliphatic carbocycles. The summed E-state index contributed by atoms with van der Waals surface area (Å²) in [5.74, 6) is 1.53. The fourth-order valence-electron chi connectivity index (χ4n) is 4.74. The SMILES string of the molecule is CCCc1ccc(OCC(=O)N2CCC3(CC2)CC(=O)c2c(C)cc(C)cc2O3)cc1. The number of amides is 1. The number of likely N-dealkylation sites (tertiary alicyclic amines) is 1. The molecule has 4 rings (SSSR count). The summed E-state index contributed by atoms with van der Waals surface area (Å²) in [5.41, 5.74) is 3.55. The van der Waals surface area contributed by atoms with E-state index in [2.05, 4.69) is 6.92 Å². The molecule has 2 heterocycles. The molecule has 1 fully saturated rings. The summed E-state index contributed by atoms with van der Waals surface area (Å²) >= 11 is 0. The number of hydrogen-bond donors (Lipinski definition) is 0. The Morgan fingerprint density at radius 1 is 1.13 bits per heavy atom. The third-order valence-electron chi connectivity index (χ3n) is 6.38. The summed E-state index contributed by atoms with van der Waals surface area (Å²) < 4.78 is 12.1. The Bertz CT molecular complexity index is 972. The number of benzene rings is 2. The maximum absolute atomic E-state index is 12.9. The van der Waals surface area contributed by atoms with E-state index in [0.29, 0.717) is 49.4 Å². The van der Waals surface area contributed by atoms with Crippen molar-refractivity contribution in [1.82, 2.24) is 4.90 Å². The molecule has 0 saturated carbocycles. The Balaban J connectivity index is 1.34. The van der Waals surface area contributed by atoms with Crippen molar-refractivity contribution in [2.75, 3.05) is 19.7 Å². The van der Waals surface area contributed by atoms with E-state index < -0.39 is 5.60 Å². The summed E-state index contributed by atoms with van der Waals surface area (Å²) in [5, 5.41) is 0. The third kappa shape index (κ3) is 4.60. The van der Waals surface area contributed by atoms with Crippen LogP contribution in [-0.4, -0.2) is 41.9 Å². The molecule has 0 bridgehead atoms. The average molecular weight is 422 g/mol. The lowest BCUT2D eigenvalue weighted by Crippen LogP contribution is -2.53. The molecule has 5 heteroatoms. The van der Waals surface area contributed by atoms with Crippen LogP contribution in [-0.2, 0) is 11.2 Å². The lowest BCUT2D eigenvalue weighted by Gasteiger charge is -2.44. The van der Waals surface area contributed by atoms with Crippen LogP contribution in [0.4, 0.5) is 0 Å². The van der Waals surface area contributed by atoms with Crippen LogP contribution in [0, 0.1) is 13.8 Å². The van der Waals surface area contributed by atoms with E-state index in [4.69, 9.17) is 9.47 Å². The predicted molar refractivity (Wildman–Crippen MR) is 120 cm³/mol. The zero-order chi connectivity index (χ0) is 22.0. The quantitative estimate of drug-likeness (QED) is 0.705. The minimum Gasteiger partial charge on any atom is -0.486 e. The Hall–Kier alpha value is -2.82. The highest BCUT2D eigenvalue weighted by molar-refractivity contribution is 6.01. The summed E-state index contributed by atoms with van der Waals surface area (Å²) in [6, 6.07) is 11.9. The standard InChI is InChI=1S/C26H31NO4/c1-4-5-20-6-8-21(9-7-20)30-17-24(29)27-12-10-26(11-13-27)16-22(28)25-19(3)14-18(2)15-23(25)31-26/h6-9,14-15H,4-5,10-13,16-17H2,1-3H3. The van der Waals surface area contributed by atoms with Gasteiger partial charge in [-0.25, -0.2) is 0 Å². The molecule has 0 radical (unpaired) electrons.